The van der Waals surface area contributed by atoms with Crippen LogP contribution in [0.2, 0.25) is 0 Å². The van der Waals surface area contributed by atoms with Gasteiger partial charge in [-0.1, -0.05) is 12.6 Å². The van der Waals surface area contributed by atoms with E-state index in [0.29, 0.717) is 0 Å². The van der Waals surface area contributed by atoms with Gasteiger partial charge in [-0.05, 0) is 17.7 Å². The zero-order valence-corrected chi connectivity index (χ0v) is 7.35. The molecule has 0 spiro atoms. The maximum atomic E-state index is 4.22. The van der Waals surface area contributed by atoms with Crippen LogP contribution in [-0.2, 0) is 6.54 Å². The molecule has 0 saturated carbocycles. The molecule has 0 atom stereocenters. The lowest BCUT2D eigenvalue weighted by atomic mass is 10.3. The standard InChI is InChI=1S/C10H11N3/c1-9-6-12-13(7-9)8-10-4-2-3-5-11-10/h2-6H,1,7-8H2. The molecule has 3 nitrogen and oxygen atoms in total. The molecular formula is C10H11N3. The fourth-order valence-electron chi connectivity index (χ4n) is 1.25. The van der Waals surface area contributed by atoms with Gasteiger partial charge < -0.3 is 0 Å². The van der Waals surface area contributed by atoms with E-state index in [1.165, 1.54) is 0 Å². The quantitative estimate of drug-likeness (QED) is 0.677. The monoisotopic (exact) mass is 173 g/mol. The van der Waals surface area contributed by atoms with E-state index in [-0.39, 0.29) is 0 Å². The van der Waals surface area contributed by atoms with Crippen molar-refractivity contribution in [2.45, 2.75) is 6.54 Å². The van der Waals surface area contributed by atoms with Gasteiger partial charge >= 0.3 is 0 Å². The van der Waals surface area contributed by atoms with Crippen molar-refractivity contribution in [2.75, 3.05) is 6.54 Å². The van der Waals surface area contributed by atoms with Crippen molar-refractivity contribution in [2.24, 2.45) is 5.10 Å². The van der Waals surface area contributed by atoms with Gasteiger partial charge in [-0.2, -0.15) is 5.10 Å². The Morgan fingerprint density at radius 1 is 1.46 bits per heavy atom. The van der Waals surface area contributed by atoms with Gasteiger partial charge in [0, 0.05) is 6.20 Å². The van der Waals surface area contributed by atoms with Gasteiger partial charge in [0.05, 0.1) is 25.0 Å². The van der Waals surface area contributed by atoms with Gasteiger partial charge in [0.2, 0.25) is 0 Å². The van der Waals surface area contributed by atoms with Crippen molar-refractivity contribution in [1.29, 1.82) is 0 Å². The van der Waals surface area contributed by atoms with E-state index in [0.717, 1.165) is 24.4 Å². The fourth-order valence-corrected chi connectivity index (χ4v) is 1.25. The third-order valence-electron chi connectivity index (χ3n) is 1.86. The summed E-state index contributed by atoms with van der Waals surface area (Å²) in [4.78, 5) is 4.22. The summed E-state index contributed by atoms with van der Waals surface area (Å²) in [7, 11) is 0. The number of aromatic nitrogens is 1. The van der Waals surface area contributed by atoms with Crippen molar-refractivity contribution in [3.63, 3.8) is 0 Å². The average Bonchev–Trinajstić information content (AvgIpc) is 2.53. The molecule has 2 heterocycles. The van der Waals surface area contributed by atoms with Crippen LogP contribution in [0, 0.1) is 0 Å². The molecule has 3 heteroatoms. The molecule has 2 rings (SSSR count). The first-order chi connectivity index (χ1) is 6.34. The highest BCUT2D eigenvalue weighted by molar-refractivity contribution is 5.79. The topological polar surface area (TPSA) is 28.5 Å². The predicted octanol–water partition coefficient (Wildman–Crippen LogP) is 1.44. The largest absolute Gasteiger partial charge is 0.287 e. The smallest absolute Gasteiger partial charge is 0.0786 e. The van der Waals surface area contributed by atoms with E-state index in [1.54, 1.807) is 12.4 Å². The van der Waals surface area contributed by atoms with Crippen molar-refractivity contribution >= 4 is 6.21 Å². The fraction of sp³-hybridized carbons (Fsp3) is 0.200. The minimum atomic E-state index is 0.760. The molecule has 0 fully saturated rings. The summed E-state index contributed by atoms with van der Waals surface area (Å²) in [5.41, 5.74) is 2.09. The number of hydrogen-bond acceptors (Lipinski definition) is 3. The van der Waals surface area contributed by atoms with Gasteiger partial charge in [-0.3, -0.25) is 9.99 Å². The molecule has 66 valence electrons. The highest BCUT2D eigenvalue weighted by Crippen LogP contribution is 2.08. The summed E-state index contributed by atoms with van der Waals surface area (Å²) < 4.78 is 0. The molecule has 1 aromatic rings. The molecule has 0 aliphatic carbocycles. The van der Waals surface area contributed by atoms with Crippen LogP contribution in [0.25, 0.3) is 0 Å². The van der Waals surface area contributed by atoms with E-state index < -0.39 is 0 Å². The molecule has 13 heavy (non-hydrogen) atoms. The van der Waals surface area contributed by atoms with E-state index >= 15 is 0 Å². The summed E-state index contributed by atoms with van der Waals surface area (Å²) in [5, 5.41) is 6.13. The van der Waals surface area contributed by atoms with E-state index in [1.807, 2.05) is 23.2 Å². The predicted molar refractivity (Wildman–Crippen MR) is 52.3 cm³/mol. The summed E-state index contributed by atoms with van der Waals surface area (Å²) >= 11 is 0. The molecule has 1 aromatic heterocycles. The summed E-state index contributed by atoms with van der Waals surface area (Å²) in [6.07, 6.45) is 3.59. The first-order valence-corrected chi connectivity index (χ1v) is 4.21. The van der Waals surface area contributed by atoms with Crippen LogP contribution in [0.5, 0.6) is 0 Å². The van der Waals surface area contributed by atoms with Crippen molar-refractivity contribution in [3.05, 3.63) is 42.2 Å². The van der Waals surface area contributed by atoms with Crippen LogP contribution in [0.1, 0.15) is 5.69 Å². The van der Waals surface area contributed by atoms with E-state index in [9.17, 15) is 0 Å². The molecule has 0 radical (unpaired) electrons. The normalized spacial score (nSPS) is 15.4. The SMILES string of the molecule is C=C1C=NN(Cc2ccccn2)C1. The molecule has 0 bridgehead atoms. The Morgan fingerprint density at radius 3 is 3.00 bits per heavy atom. The highest BCUT2D eigenvalue weighted by Gasteiger charge is 2.09. The number of pyridine rings is 1. The number of nitrogens with zero attached hydrogens (tertiary/aromatic N) is 3. The van der Waals surface area contributed by atoms with Gasteiger partial charge in [0.25, 0.3) is 0 Å². The third-order valence-corrected chi connectivity index (χ3v) is 1.86. The van der Waals surface area contributed by atoms with Crippen LogP contribution in [0.15, 0.2) is 41.6 Å². The Labute approximate surface area is 77.4 Å². The molecule has 0 unspecified atom stereocenters. The second-order valence-electron chi connectivity index (χ2n) is 3.05. The maximum absolute atomic E-state index is 4.22. The van der Waals surface area contributed by atoms with Gasteiger partial charge in [-0.15, -0.1) is 0 Å². The lowest BCUT2D eigenvalue weighted by molar-refractivity contribution is 0.320. The molecule has 0 N–H and O–H groups in total. The van der Waals surface area contributed by atoms with Gasteiger partial charge in [0.15, 0.2) is 0 Å². The highest BCUT2D eigenvalue weighted by atomic mass is 15.5. The van der Waals surface area contributed by atoms with E-state index in [2.05, 4.69) is 16.7 Å². The first-order valence-electron chi connectivity index (χ1n) is 4.21. The minimum Gasteiger partial charge on any atom is -0.287 e. The van der Waals surface area contributed by atoms with Crippen LogP contribution in [0.4, 0.5) is 0 Å². The molecule has 0 aromatic carbocycles. The molecule has 1 aliphatic rings. The number of hydrogen-bond donors (Lipinski definition) is 0. The summed E-state index contributed by atoms with van der Waals surface area (Å²) in [6.45, 7) is 5.41. The summed E-state index contributed by atoms with van der Waals surface area (Å²) in [6, 6.07) is 5.89. The van der Waals surface area contributed by atoms with Crippen LogP contribution < -0.4 is 0 Å². The van der Waals surface area contributed by atoms with Crippen molar-refractivity contribution in [3.8, 4) is 0 Å². The Bertz CT molecular complexity index is 329. The molecule has 1 aliphatic heterocycles. The second-order valence-corrected chi connectivity index (χ2v) is 3.05. The Morgan fingerprint density at radius 2 is 2.38 bits per heavy atom. The lowest BCUT2D eigenvalue weighted by Gasteiger charge is -2.12. The van der Waals surface area contributed by atoms with Crippen molar-refractivity contribution < 1.29 is 0 Å². The number of rotatable bonds is 2. The molecular weight excluding hydrogens is 162 g/mol. The van der Waals surface area contributed by atoms with Crippen molar-refractivity contribution in [1.82, 2.24) is 9.99 Å². The first kappa shape index (κ1) is 7.98. The summed E-state index contributed by atoms with van der Waals surface area (Å²) in [5.74, 6) is 0. The molecule has 0 saturated heterocycles. The third kappa shape index (κ3) is 1.93. The number of hydrazone groups is 1. The van der Waals surface area contributed by atoms with Gasteiger partial charge in [0.1, 0.15) is 0 Å². The van der Waals surface area contributed by atoms with Crippen LogP contribution in [0.3, 0.4) is 0 Å². The lowest BCUT2D eigenvalue weighted by Crippen LogP contribution is -2.14. The van der Waals surface area contributed by atoms with Crippen LogP contribution >= 0.6 is 0 Å². The Kier molecular flexibility index (Phi) is 2.08. The average molecular weight is 173 g/mol. The van der Waals surface area contributed by atoms with E-state index in [4.69, 9.17) is 0 Å². The molecule has 0 amide bonds. The van der Waals surface area contributed by atoms with Gasteiger partial charge in [-0.25, -0.2) is 0 Å². The Hall–Kier alpha value is -1.64. The van der Waals surface area contributed by atoms with Crippen LogP contribution in [-0.4, -0.2) is 22.8 Å². The second kappa shape index (κ2) is 3.39. The zero-order valence-electron chi connectivity index (χ0n) is 7.35. The zero-order chi connectivity index (χ0) is 9.10. The minimum absolute atomic E-state index is 0.760. The Balaban J connectivity index is 2.00. The maximum Gasteiger partial charge on any atom is 0.0786 e.